The maximum atomic E-state index is 13.3. The number of anilines is 1. The highest BCUT2D eigenvalue weighted by Crippen LogP contribution is 2.34. The average Bonchev–Trinajstić information content (AvgIpc) is 3.24. The second-order valence-electron chi connectivity index (χ2n) is 7.40. The third-order valence-electron chi connectivity index (χ3n) is 5.18. The van der Waals surface area contributed by atoms with Gasteiger partial charge in [0.25, 0.3) is 5.69 Å². The molecule has 1 fully saturated rings. The third-order valence-corrected chi connectivity index (χ3v) is 5.18. The molecule has 0 saturated carbocycles. The first-order valence-electron chi connectivity index (χ1n) is 9.68. The Balaban J connectivity index is 1.64. The maximum Gasteiger partial charge on any atom is 0.433 e. The molecule has 162 valence electrons. The van der Waals surface area contributed by atoms with Gasteiger partial charge < -0.3 is 4.90 Å². The molecule has 8 nitrogen and oxygen atoms in total. The molecule has 2 aromatic heterocycles. The molecule has 0 radical (unpaired) electrons. The fourth-order valence-electron chi connectivity index (χ4n) is 3.79. The molecule has 0 aliphatic carbocycles. The molecule has 1 aliphatic rings. The van der Waals surface area contributed by atoms with Gasteiger partial charge in [-0.15, -0.1) is 0 Å². The molecule has 1 aromatic carbocycles. The number of hydrogen-bond donors (Lipinski definition) is 0. The van der Waals surface area contributed by atoms with Gasteiger partial charge >= 0.3 is 6.18 Å². The van der Waals surface area contributed by atoms with Crippen molar-refractivity contribution in [1.29, 1.82) is 0 Å². The Morgan fingerprint density at radius 1 is 1.19 bits per heavy atom. The number of aromatic nitrogens is 4. The Labute approximate surface area is 175 Å². The molecule has 31 heavy (non-hydrogen) atoms. The minimum absolute atomic E-state index is 0.0689. The minimum Gasteiger partial charge on any atom is -0.354 e. The van der Waals surface area contributed by atoms with Crippen LogP contribution in [-0.4, -0.2) is 37.8 Å². The van der Waals surface area contributed by atoms with Crippen molar-refractivity contribution in [3.8, 4) is 11.4 Å². The van der Waals surface area contributed by atoms with Gasteiger partial charge in [-0.05, 0) is 25.8 Å². The molecule has 1 unspecified atom stereocenters. The number of nitro groups is 1. The Morgan fingerprint density at radius 2 is 2.00 bits per heavy atom. The third kappa shape index (κ3) is 4.35. The summed E-state index contributed by atoms with van der Waals surface area (Å²) in [6.07, 6.45) is -2.06. The molecule has 1 atom stereocenters. The van der Waals surface area contributed by atoms with Gasteiger partial charge in [-0.25, -0.2) is 9.97 Å². The van der Waals surface area contributed by atoms with Crippen molar-refractivity contribution in [3.63, 3.8) is 0 Å². The number of rotatable bonds is 4. The van der Waals surface area contributed by atoms with Crippen LogP contribution in [0.25, 0.3) is 11.4 Å². The van der Waals surface area contributed by atoms with Crippen molar-refractivity contribution in [1.82, 2.24) is 19.7 Å². The molecule has 0 amide bonds. The SMILES string of the molecule is Cc1cc(N2CCCC(n3nccc3C(F)(F)F)C2)nc(-c2cccc([N+](=O)[O-])c2)n1. The Hall–Kier alpha value is -3.50. The molecule has 3 heterocycles. The molecular weight excluding hydrogens is 413 g/mol. The van der Waals surface area contributed by atoms with E-state index in [1.807, 2.05) is 4.90 Å². The lowest BCUT2D eigenvalue weighted by Gasteiger charge is -2.34. The van der Waals surface area contributed by atoms with Crippen LogP contribution in [0.15, 0.2) is 42.6 Å². The van der Waals surface area contributed by atoms with Crippen molar-refractivity contribution in [2.45, 2.75) is 32.0 Å². The van der Waals surface area contributed by atoms with Crippen molar-refractivity contribution >= 4 is 11.5 Å². The highest BCUT2D eigenvalue weighted by molar-refractivity contribution is 5.61. The molecule has 3 aromatic rings. The van der Waals surface area contributed by atoms with Crippen LogP contribution in [0, 0.1) is 17.0 Å². The molecule has 1 saturated heterocycles. The molecule has 1 aliphatic heterocycles. The summed E-state index contributed by atoms with van der Waals surface area (Å²) in [6, 6.07) is 8.33. The zero-order valence-electron chi connectivity index (χ0n) is 16.6. The van der Waals surface area contributed by atoms with E-state index in [-0.39, 0.29) is 5.69 Å². The number of non-ortho nitro benzene ring substituents is 1. The predicted octanol–water partition coefficient (Wildman–Crippen LogP) is 4.42. The van der Waals surface area contributed by atoms with E-state index >= 15 is 0 Å². The molecule has 0 bridgehead atoms. The van der Waals surface area contributed by atoms with Crippen LogP contribution in [0.5, 0.6) is 0 Å². The number of hydrogen-bond acceptors (Lipinski definition) is 6. The maximum absolute atomic E-state index is 13.3. The molecule has 0 spiro atoms. The second kappa shape index (κ2) is 7.97. The highest BCUT2D eigenvalue weighted by Gasteiger charge is 2.37. The molecular formula is C20H19F3N6O2. The number of halogens is 3. The van der Waals surface area contributed by atoms with Gasteiger partial charge in [-0.1, -0.05) is 12.1 Å². The quantitative estimate of drug-likeness (QED) is 0.448. The fraction of sp³-hybridized carbons (Fsp3) is 0.350. The summed E-state index contributed by atoms with van der Waals surface area (Å²) in [6.45, 7) is 2.72. The lowest BCUT2D eigenvalue weighted by molar-refractivity contribution is -0.384. The van der Waals surface area contributed by atoms with Gasteiger partial charge in [0.15, 0.2) is 5.82 Å². The first-order chi connectivity index (χ1) is 14.7. The van der Waals surface area contributed by atoms with Crippen LogP contribution in [0.3, 0.4) is 0 Å². The van der Waals surface area contributed by atoms with E-state index in [2.05, 4.69) is 15.1 Å². The predicted molar refractivity (Wildman–Crippen MR) is 107 cm³/mol. The normalized spacial score (nSPS) is 17.0. The number of nitrogens with zero attached hydrogens (tertiary/aromatic N) is 6. The summed E-state index contributed by atoms with van der Waals surface area (Å²) in [5.41, 5.74) is 0.318. The Bertz CT molecular complexity index is 1110. The van der Waals surface area contributed by atoms with Crippen LogP contribution in [-0.2, 0) is 6.18 Å². The van der Waals surface area contributed by atoms with E-state index < -0.39 is 22.8 Å². The van der Waals surface area contributed by atoms with Crippen LogP contribution >= 0.6 is 0 Å². The first-order valence-corrected chi connectivity index (χ1v) is 9.68. The number of piperidine rings is 1. The number of nitro benzene ring substituents is 1. The van der Waals surface area contributed by atoms with E-state index in [1.54, 1.807) is 25.1 Å². The Kier molecular flexibility index (Phi) is 5.34. The second-order valence-corrected chi connectivity index (χ2v) is 7.40. The monoisotopic (exact) mass is 432 g/mol. The molecule has 0 N–H and O–H groups in total. The van der Waals surface area contributed by atoms with E-state index in [0.29, 0.717) is 48.8 Å². The van der Waals surface area contributed by atoms with Crippen molar-refractivity contribution < 1.29 is 18.1 Å². The van der Waals surface area contributed by atoms with Gasteiger partial charge in [0, 0.05) is 48.7 Å². The summed E-state index contributed by atoms with van der Waals surface area (Å²) in [4.78, 5) is 21.4. The van der Waals surface area contributed by atoms with Crippen LogP contribution < -0.4 is 4.90 Å². The largest absolute Gasteiger partial charge is 0.433 e. The first kappa shape index (κ1) is 20.8. The smallest absolute Gasteiger partial charge is 0.354 e. The van der Waals surface area contributed by atoms with E-state index in [1.165, 1.54) is 12.1 Å². The van der Waals surface area contributed by atoms with Crippen LogP contribution in [0.1, 0.15) is 30.3 Å². The van der Waals surface area contributed by atoms with Gasteiger partial charge in [0.2, 0.25) is 0 Å². The van der Waals surface area contributed by atoms with Crippen molar-refractivity contribution in [2.24, 2.45) is 0 Å². The van der Waals surface area contributed by atoms with Crippen molar-refractivity contribution in [3.05, 3.63) is 64.1 Å². The zero-order valence-corrected chi connectivity index (χ0v) is 16.6. The number of benzene rings is 1. The van der Waals surface area contributed by atoms with Gasteiger partial charge in [0.1, 0.15) is 11.5 Å². The standard InChI is InChI=1S/C20H19F3N6O2/c1-13-10-18(26-19(25-13)14-4-2-5-15(11-14)29(30)31)27-9-3-6-16(12-27)28-17(7-8-24-28)20(21,22)23/h2,4-5,7-8,10-11,16H,3,6,9,12H2,1H3. The minimum atomic E-state index is -4.47. The molecule has 11 heteroatoms. The van der Waals surface area contributed by atoms with Crippen LogP contribution in [0.2, 0.25) is 0 Å². The summed E-state index contributed by atoms with van der Waals surface area (Å²) in [7, 11) is 0. The summed E-state index contributed by atoms with van der Waals surface area (Å²) in [5.74, 6) is 0.898. The zero-order chi connectivity index (χ0) is 22.2. The highest BCUT2D eigenvalue weighted by atomic mass is 19.4. The average molecular weight is 432 g/mol. The Morgan fingerprint density at radius 3 is 2.74 bits per heavy atom. The fourth-order valence-corrected chi connectivity index (χ4v) is 3.79. The lowest BCUT2D eigenvalue weighted by atomic mass is 10.1. The summed E-state index contributed by atoms with van der Waals surface area (Å²) >= 11 is 0. The van der Waals surface area contributed by atoms with Crippen LogP contribution in [0.4, 0.5) is 24.7 Å². The van der Waals surface area contributed by atoms with Gasteiger partial charge in [0.05, 0.1) is 11.0 Å². The van der Waals surface area contributed by atoms with E-state index in [9.17, 15) is 23.3 Å². The van der Waals surface area contributed by atoms with Gasteiger partial charge in [-0.3, -0.25) is 14.8 Å². The molecule has 4 rings (SSSR count). The van der Waals surface area contributed by atoms with Crippen molar-refractivity contribution in [2.75, 3.05) is 18.0 Å². The number of alkyl halides is 3. The van der Waals surface area contributed by atoms with E-state index in [4.69, 9.17) is 0 Å². The number of aryl methyl sites for hydroxylation is 1. The topological polar surface area (TPSA) is 90.0 Å². The summed E-state index contributed by atoms with van der Waals surface area (Å²) < 4.78 is 40.9. The summed E-state index contributed by atoms with van der Waals surface area (Å²) in [5, 5.41) is 15.0. The lowest BCUT2D eigenvalue weighted by Crippen LogP contribution is -2.38. The van der Waals surface area contributed by atoms with Gasteiger partial charge in [-0.2, -0.15) is 18.3 Å². The van der Waals surface area contributed by atoms with E-state index in [0.717, 1.165) is 16.9 Å².